The lowest BCUT2D eigenvalue weighted by molar-refractivity contribution is -0.385. The Labute approximate surface area is 243 Å². The molecule has 0 unspecified atom stereocenters. The zero-order chi connectivity index (χ0) is 30.9. The molecule has 1 aromatic heterocycles. The first-order valence-corrected chi connectivity index (χ1v) is 13.0. The van der Waals surface area contributed by atoms with Crippen molar-refractivity contribution < 1.29 is 39.4 Å². The first-order valence-electron chi connectivity index (χ1n) is 13.0. The summed E-state index contributed by atoms with van der Waals surface area (Å²) in [5.41, 5.74) is -9.02. The van der Waals surface area contributed by atoms with E-state index >= 15 is 0 Å². The van der Waals surface area contributed by atoms with Gasteiger partial charge >= 0.3 is 0 Å². The van der Waals surface area contributed by atoms with Gasteiger partial charge in [0.2, 0.25) is 17.2 Å². The topological polar surface area (TPSA) is 186 Å². The number of aliphatic hydroxyl groups excluding tert-OH is 1. The average Bonchev–Trinajstić information content (AvgIpc) is 3.28. The van der Waals surface area contributed by atoms with E-state index in [1.807, 2.05) is 0 Å². The number of Topliss-reactive ketones (excluding diaryl/α,β-unsaturated/α-hetero) is 3. The van der Waals surface area contributed by atoms with E-state index in [1.165, 1.54) is 72.8 Å². The summed E-state index contributed by atoms with van der Waals surface area (Å²) in [6.07, 6.45) is -6.37. The minimum atomic E-state index is -3.42. The van der Waals surface area contributed by atoms with E-state index in [4.69, 9.17) is 4.74 Å². The molecule has 0 radical (unpaired) electrons. The van der Waals surface area contributed by atoms with Crippen molar-refractivity contribution in [1.82, 2.24) is 4.57 Å². The maximum Gasteiger partial charge on any atom is 0.285 e. The fourth-order valence-electron chi connectivity index (χ4n) is 5.21. The van der Waals surface area contributed by atoms with Gasteiger partial charge in [0, 0.05) is 28.8 Å². The molecule has 5 atom stereocenters. The van der Waals surface area contributed by atoms with Crippen molar-refractivity contribution >= 4 is 23.0 Å². The van der Waals surface area contributed by atoms with Crippen LogP contribution in [0, 0.1) is 10.1 Å². The molecule has 43 heavy (non-hydrogen) atoms. The van der Waals surface area contributed by atoms with Gasteiger partial charge in [-0.1, -0.05) is 91.0 Å². The van der Waals surface area contributed by atoms with Crippen LogP contribution in [0.2, 0.25) is 0 Å². The number of hydrogen-bond acceptors (Lipinski definition) is 10. The molecule has 0 spiro atoms. The normalized spacial score (nSPS) is 23.8. The molecule has 3 N–H and O–H groups in total. The van der Waals surface area contributed by atoms with Crippen LogP contribution in [-0.2, 0) is 4.74 Å². The Balaban J connectivity index is 1.80. The van der Waals surface area contributed by atoms with Crippen LogP contribution in [0.3, 0.4) is 0 Å². The number of aromatic nitrogens is 1. The number of ketones is 3. The van der Waals surface area contributed by atoms with E-state index in [9.17, 15) is 44.6 Å². The molecule has 4 aromatic rings. The van der Waals surface area contributed by atoms with Gasteiger partial charge in [0.05, 0.1) is 11.1 Å². The van der Waals surface area contributed by atoms with Crippen LogP contribution >= 0.6 is 0 Å². The largest absolute Gasteiger partial charge is 0.382 e. The molecular formula is C31H24N2O10. The van der Waals surface area contributed by atoms with Gasteiger partial charge in [-0.25, -0.2) is 0 Å². The van der Waals surface area contributed by atoms with Crippen molar-refractivity contribution in [3.8, 4) is 0 Å². The van der Waals surface area contributed by atoms with Crippen molar-refractivity contribution in [1.29, 1.82) is 0 Å². The molecule has 12 nitrogen and oxygen atoms in total. The highest BCUT2D eigenvalue weighted by molar-refractivity contribution is 6.14. The Bertz CT molecular complexity index is 1760. The molecule has 5 rings (SSSR count). The number of benzene rings is 3. The number of pyridine rings is 1. The number of hydrogen-bond donors (Lipinski definition) is 3. The first-order chi connectivity index (χ1) is 20.5. The fraction of sp³-hybridized carbons (Fsp3) is 0.161. The molecule has 1 aliphatic rings. The third-order valence-electron chi connectivity index (χ3n) is 7.39. The number of carbonyl (C=O) groups is 3. The number of aliphatic hydroxyl groups is 3. The predicted octanol–water partition coefficient (Wildman–Crippen LogP) is 2.13. The summed E-state index contributed by atoms with van der Waals surface area (Å²) in [4.78, 5) is 65.5. The molecule has 1 fully saturated rings. The summed E-state index contributed by atoms with van der Waals surface area (Å²) in [5.74, 6) is -3.66. The number of ether oxygens (including phenoxy) is 1. The number of carbonyl (C=O) groups excluding carboxylic acids is 3. The maximum absolute atomic E-state index is 14.2. The highest BCUT2D eigenvalue weighted by atomic mass is 16.6. The zero-order valence-electron chi connectivity index (χ0n) is 22.2. The lowest BCUT2D eigenvalue weighted by Gasteiger charge is -2.39. The standard InChI is InChI=1S/C31H24N2O10/c34-23-17-16-22(33(41)42)18-32(23)29-31(40,27(38)21-14-8-3-9-15-21)30(39,26(37)20-12-6-2-7-13-20)28(43-29)25(36)24(35)19-10-4-1-5-11-19/h1-18,25,28-29,36,39-40H/t25-,28-,29+,30-,31+/m1/s1. The number of rotatable bonds is 9. The predicted molar refractivity (Wildman–Crippen MR) is 149 cm³/mol. The Morgan fingerprint density at radius 1 is 0.767 bits per heavy atom. The first kappa shape index (κ1) is 29.4. The van der Waals surface area contributed by atoms with Crippen LogP contribution in [0.4, 0.5) is 5.69 Å². The minimum Gasteiger partial charge on any atom is -0.382 e. The molecule has 1 aliphatic heterocycles. The fourth-order valence-corrected chi connectivity index (χ4v) is 5.21. The summed E-state index contributed by atoms with van der Waals surface area (Å²) in [7, 11) is 0. The van der Waals surface area contributed by atoms with Gasteiger partial charge in [-0.05, 0) is 0 Å². The molecule has 1 saturated heterocycles. The molecule has 0 bridgehead atoms. The summed E-state index contributed by atoms with van der Waals surface area (Å²) in [6, 6.07) is 22.9. The Hall–Kier alpha value is -5.14. The van der Waals surface area contributed by atoms with Gasteiger partial charge in [0.25, 0.3) is 11.2 Å². The van der Waals surface area contributed by atoms with Crippen LogP contribution in [0.15, 0.2) is 114 Å². The SMILES string of the molecule is O=C(c1ccccc1)[C@@H](O)[C@H]1O[C@H](n2cc([N+](=O)[O-])ccc2=O)[C@@](O)(C(=O)c2ccccc2)[C@@]1(O)C(=O)c1ccccc1. The monoisotopic (exact) mass is 584 g/mol. The van der Waals surface area contributed by atoms with E-state index < -0.39 is 63.2 Å². The molecule has 0 amide bonds. The van der Waals surface area contributed by atoms with Crippen LogP contribution in [0.5, 0.6) is 0 Å². The van der Waals surface area contributed by atoms with E-state index in [0.29, 0.717) is 10.8 Å². The molecule has 218 valence electrons. The second kappa shape index (κ2) is 11.3. The van der Waals surface area contributed by atoms with E-state index in [0.717, 1.165) is 12.1 Å². The Morgan fingerprint density at radius 2 is 1.23 bits per heavy atom. The Kier molecular flexibility index (Phi) is 7.69. The summed E-state index contributed by atoms with van der Waals surface area (Å²) >= 11 is 0. The third kappa shape index (κ3) is 4.77. The van der Waals surface area contributed by atoms with Crippen molar-refractivity contribution in [2.75, 3.05) is 0 Å². The second-order valence-corrected chi connectivity index (χ2v) is 9.90. The van der Waals surface area contributed by atoms with Crippen LogP contribution in [-0.4, -0.2) is 65.6 Å². The minimum absolute atomic E-state index is 0.0537. The molecule has 0 aliphatic carbocycles. The lowest BCUT2D eigenvalue weighted by Crippen LogP contribution is -2.69. The van der Waals surface area contributed by atoms with Crippen LogP contribution in [0.25, 0.3) is 0 Å². The van der Waals surface area contributed by atoms with Crippen molar-refractivity contribution in [2.24, 2.45) is 0 Å². The summed E-state index contributed by atoms with van der Waals surface area (Å²) < 4.78 is 6.29. The van der Waals surface area contributed by atoms with Gasteiger partial charge in [0.15, 0.2) is 17.6 Å². The summed E-state index contributed by atoms with van der Waals surface area (Å²) in [6.45, 7) is 0. The molecule has 2 heterocycles. The molecular weight excluding hydrogens is 560 g/mol. The van der Waals surface area contributed by atoms with Gasteiger partial charge in [-0.3, -0.25) is 33.9 Å². The lowest BCUT2D eigenvalue weighted by atomic mass is 9.69. The molecule has 0 saturated carbocycles. The highest BCUT2D eigenvalue weighted by Crippen LogP contribution is 2.50. The second-order valence-electron chi connectivity index (χ2n) is 9.90. The van der Waals surface area contributed by atoms with Gasteiger partial charge < -0.3 is 20.1 Å². The maximum atomic E-state index is 14.2. The van der Waals surface area contributed by atoms with E-state index in [-0.39, 0.29) is 16.7 Å². The number of nitro groups is 1. The van der Waals surface area contributed by atoms with Gasteiger partial charge in [0.1, 0.15) is 12.2 Å². The zero-order valence-corrected chi connectivity index (χ0v) is 22.2. The van der Waals surface area contributed by atoms with Crippen molar-refractivity contribution in [3.63, 3.8) is 0 Å². The number of nitrogens with zero attached hydrogens (tertiary/aromatic N) is 2. The molecule has 12 heteroatoms. The third-order valence-corrected chi connectivity index (χ3v) is 7.39. The van der Waals surface area contributed by atoms with Crippen molar-refractivity contribution in [2.45, 2.75) is 29.6 Å². The van der Waals surface area contributed by atoms with E-state index in [2.05, 4.69) is 0 Å². The molecule has 3 aromatic carbocycles. The van der Waals surface area contributed by atoms with Gasteiger partial charge in [-0.2, -0.15) is 0 Å². The van der Waals surface area contributed by atoms with Gasteiger partial charge in [-0.15, -0.1) is 0 Å². The summed E-state index contributed by atoms with van der Waals surface area (Å²) in [5, 5.41) is 47.7. The smallest absolute Gasteiger partial charge is 0.285 e. The van der Waals surface area contributed by atoms with Crippen molar-refractivity contribution in [3.05, 3.63) is 146 Å². The quantitative estimate of drug-likeness (QED) is 0.149. The van der Waals surface area contributed by atoms with Crippen LogP contribution in [0.1, 0.15) is 37.3 Å². The average molecular weight is 585 g/mol. The highest BCUT2D eigenvalue weighted by Gasteiger charge is 2.75. The van der Waals surface area contributed by atoms with E-state index in [1.54, 1.807) is 18.2 Å². The Morgan fingerprint density at radius 3 is 1.72 bits per heavy atom. The van der Waals surface area contributed by atoms with Crippen LogP contribution < -0.4 is 5.56 Å².